The van der Waals surface area contributed by atoms with Crippen molar-refractivity contribution in [1.29, 1.82) is 0 Å². The van der Waals surface area contributed by atoms with Crippen LogP contribution in [-0.4, -0.2) is 20.4 Å². The molecule has 0 amide bonds. The van der Waals surface area contributed by atoms with E-state index in [1.54, 1.807) is 13.2 Å². The lowest BCUT2D eigenvalue weighted by molar-refractivity contribution is 0.581. The van der Waals surface area contributed by atoms with Gasteiger partial charge in [-0.2, -0.15) is 0 Å². The number of nitrogens with zero attached hydrogens (tertiary/aromatic N) is 1. The molecule has 2 heterocycles. The number of aromatic nitrogens is 1. The summed E-state index contributed by atoms with van der Waals surface area (Å²) in [6, 6.07) is 5.27. The Morgan fingerprint density at radius 1 is 1.35 bits per heavy atom. The molecule has 0 saturated carbocycles. The number of thiophene rings is 1. The molecular formula is C11H11Br2N3O2S2. The van der Waals surface area contributed by atoms with E-state index in [0.717, 1.165) is 8.66 Å². The molecule has 9 heteroatoms. The molecule has 0 fully saturated rings. The van der Waals surface area contributed by atoms with E-state index in [2.05, 4.69) is 46.9 Å². The molecule has 0 aliphatic heterocycles. The van der Waals surface area contributed by atoms with Crippen LogP contribution < -0.4 is 10.0 Å². The first-order valence-corrected chi connectivity index (χ1v) is 9.38. The SMILES string of the molecule is CNc1ncc(Br)cc1S(=O)(=O)NCc1ccc(Br)s1. The zero-order chi connectivity index (χ0) is 14.8. The molecule has 0 radical (unpaired) electrons. The Morgan fingerprint density at radius 2 is 2.10 bits per heavy atom. The van der Waals surface area contributed by atoms with Gasteiger partial charge in [0.25, 0.3) is 0 Å². The van der Waals surface area contributed by atoms with Crippen LogP contribution in [0.4, 0.5) is 5.82 Å². The lowest BCUT2D eigenvalue weighted by atomic mass is 10.4. The van der Waals surface area contributed by atoms with Crippen molar-refractivity contribution in [1.82, 2.24) is 9.71 Å². The van der Waals surface area contributed by atoms with E-state index in [9.17, 15) is 8.42 Å². The van der Waals surface area contributed by atoms with Crippen molar-refractivity contribution in [2.24, 2.45) is 0 Å². The standard InChI is InChI=1S/C11H11Br2N3O2S2/c1-14-11-9(4-7(12)5-15-11)20(17,18)16-6-8-2-3-10(13)19-8/h2-5,16H,6H2,1H3,(H,14,15). The summed E-state index contributed by atoms with van der Waals surface area (Å²) in [6.45, 7) is 0.244. The summed E-state index contributed by atoms with van der Waals surface area (Å²) in [5.74, 6) is 0.313. The highest BCUT2D eigenvalue weighted by Crippen LogP contribution is 2.24. The van der Waals surface area contributed by atoms with Gasteiger partial charge in [-0.25, -0.2) is 18.1 Å². The third-order valence-electron chi connectivity index (χ3n) is 2.41. The van der Waals surface area contributed by atoms with Gasteiger partial charge in [0.15, 0.2) is 0 Å². The highest BCUT2D eigenvalue weighted by atomic mass is 79.9. The smallest absolute Gasteiger partial charge is 0.244 e. The second kappa shape index (κ2) is 6.52. The molecular weight excluding hydrogens is 430 g/mol. The van der Waals surface area contributed by atoms with Gasteiger partial charge in [-0.15, -0.1) is 11.3 Å². The lowest BCUT2D eigenvalue weighted by Crippen LogP contribution is -2.24. The Hall–Kier alpha value is -0.480. The molecule has 108 valence electrons. The zero-order valence-electron chi connectivity index (χ0n) is 10.4. The van der Waals surface area contributed by atoms with Crippen molar-refractivity contribution in [3.05, 3.63) is 37.5 Å². The second-order valence-corrected chi connectivity index (χ2v) is 8.98. The fourth-order valence-electron chi connectivity index (χ4n) is 1.50. The van der Waals surface area contributed by atoms with E-state index in [1.807, 2.05) is 12.1 Å². The van der Waals surface area contributed by atoms with Gasteiger partial charge >= 0.3 is 0 Å². The molecule has 0 aliphatic carbocycles. The van der Waals surface area contributed by atoms with E-state index in [4.69, 9.17) is 0 Å². The van der Waals surface area contributed by atoms with Crippen molar-refractivity contribution in [3.8, 4) is 0 Å². The van der Waals surface area contributed by atoms with Crippen LogP contribution >= 0.6 is 43.2 Å². The van der Waals surface area contributed by atoms with Crippen molar-refractivity contribution < 1.29 is 8.42 Å². The molecule has 0 spiro atoms. The van der Waals surface area contributed by atoms with E-state index in [0.29, 0.717) is 10.3 Å². The average molecular weight is 441 g/mol. The van der Waals surface area contributed by atoms with Crippen molar-refractivity contribution >= 4 is 59.0 Å². The molecule has 2 rings (SSSR count). The van der Waals surface area contributed by atoms with Gasteiger partial charge in [0.2, 0.25) is 10.0 Å². The molecule has 2 aromatic rings. The van der Waals surface area contributed by atoms with Gasteiger partial charge in [-0.3, -0.25) is 0 Å². The topological polar surface area (TPSA) is 71.1 Å². The van der Waals surface area contributed by atoms with Crippen LogP contribution in [0.1, 0.15) is 4.88 Å². The van der Waals surface area contributed by atoms with Crippen molar-refractivity contribution in [2.75, 3.05) is 12.4 Å². The minimum absolute atomic E-state index is 0.116. The Morgan fingerprint density at radius 3 is 2.70 bits per heavy atom. The quantitative estimate of drug-likeness (QED) is 0.748. The van der Waals surface area contributed by atoms with Gasteiger partial charge in [0.1, 0.15) is 10.7 Å². The number of halogens is 2. The van der Waals surface area contributed by atoms with Gasteiger partial charge < -0.3 is 5.32 Å². The summed E-state index contributed by atoms with van der Waals surface area (Å²) in [6.07, 6.45) is 1.54. The molecule has 2 N–H and O–H groups in total. The number of anilines is 1. The molecule has 0 aromatic carbocycles. The summed E-state index contributed by atoms with van der Waals surface area (Å²) in [5.41, 5.74) is 0. The zero-order valence-corrected chi connectivity index (χ0v) is 15.2. The van der Waals surface area contributed by atoms with Crippen LogP contribution in [0.2, 0.25) is 0 Å². The highest BCUT2D eigenvalue weighted by Gasteiger charge is 2.19. The van der Waals surface area contributed by atoms with Crippen LogP contribution in [0, 0.1) is 0 Å². The number of nitrogens with one attached hydrogen (secondary N) is 2. The van der Waals surface area contributed by atoms with Gasteiger partial charge in [-0.1, -0.05) is 0 Å². The normalized spacial score (nSPS) is 11.6. The van der Waals surface area contributed by atoms with Crippen LogP contribution in [-0.2, 0) is 16.6 Å². The summed E-state index contributed by atoms with van der Waals surface area (Å²) < 4.78 is 28.8. The molecule has 0 bridgehead atoms. The predicted octanol–water partition coefficient (Wildman–Crippen LogP) is 3.19. The molecule has 0 unspecified atom stereocenters. The lowest BCUT2D eigenvalue weighted by Gasteiger charge is -2.10. The van der Waals surface area contributed by atoms with Crippen LogP contribution in [0.5, 0.6) is 0 Å². The Bertz CT molecular complexity index is 716. The fourth-order valence-corrected chi connectivity index (χ4v) is 4.69. The Balaban J connectivity index is 2.24. The molecule has 2 aromatic heterocycles. The fraction of sp³-hybridized carbons (Fsp3) is 0.182. The second-order valence-electron chi connectivity index (χ2n) is 3.78. The number of pyridine rings is 1. The number of sulfonamides is 1. The number of hydrogen-bond donors (Lipinski definition) is 2. The van der Waals surface area contributed by atoms with Gasteiger partial charge in [0, 0.05) is 29.1 Å². The first-order valence-electron chi connectivity index (χ1n) is 5.49. The maximum absolute atomic E-state index is 12.3. The highest BCUT2D eigenvalue weighted by molar-refractivity contribution is 9.11. The minimum Gasteiger partial charge on any atom is -0.372 e. The third-order valence-corrected chi connectivity index (χ3v) is 5.88. The Kier molecular flexibility index (Phi) is 5.19. The van der Waals surface area contributed by atoms with E-state index >= 15 is 0 Å². The van der Waals surface area contributed by atoms with E-state index in [-0.39, 0.29) is 11.4 Å². The molecule has 0 aliphatic rings. The molecule has 0 atom stereocenters. The molecule has 20 heavy (non-hydrogen) atoms. The number of rotatable bonds is 5. The van der Waals surface area contributed by atoms with Crippen LogP contribution in [0.3, 0.4) is 0 Å². The molecule has 0 saturated heterocycles. The van der Waals surface area contributed by atoms with Crippen molar-refractivity contribution in [2.45, 2.75) is 11.4 Å². The van der Waals surface area contributed by atoms with Gasteiger partial charge in [-0.05, 0) is 50.1 Å². The van der Waals surface area contributed by atoms with Crippen molar-refractivity contribution in [3.63, 3.8) is 0 Å². The predicted molar refractivity (Wildman–Crippen MR) is 87.5 cm³/mol. The minimum atomic E-state index is -3.63. The average Bonchev–Trinajstić information content (AvgIpc) is 2.82. The molecule has 5 nitrogen and oxygen atoms in total. The summed E-state index contributed by atoms with van der Waals surface area (Å²) in [5, 5.41) is 2.78. The van der Waals surface area contributed by atoms with Gasteiger partial charge in [0.05, 0.1) is 3.79 Å². The maximum Gasteiger partial charge on any atom is 0.244 e. The van der Waals surface area contributed by atoms with Crippen LogP contribution in [0.25, 0.3) is 0 Å². The monoisotopic (exact) mass is 439 g/mol. The van der Waals surface area contributed by atoms with E-state index < -0.39 is 10.0 Å². The summed E-state index contributed by atoms with van der Waals surface area (Å²) >= 11 is 8.06. The van der Waals surface area contributed by atoms with Crippen LogP contribution in [0.15, 0.2) is 37.6 Å². The summed E-state index contributed by atoms with van der Waals surface area (Å²) in [4.78, 5) is 5.08. The first-order chi connectivity index (χ1) is 9.42. The summed E-state index contributed by atoms with van der Waals surface area (Å²) in [7, 11) is -2.00. The third kappa shape index (κ3) is 3.79. The Labute approximate surface area is 138 Å². The largest absolute Gasteiger partial charge is 0.372 e. The number of hydrogen-bond acceptors (Lipinski definition) is 5. The first kappa shape index (κ1) is 15.9. The maximum atomic E-state index is 12.3. The van der Waals surface area contributed by atoms with E-state index in [1.165, 1.54) is 17.4 Å².